The van der Waals surface area contributed by atoms with Crippen LogP contribution in [0.15, 0.2) is 12.1 Å². The summed E-state index contributed by atoms with van der Waals surface area (Å²) in [5.74, 6) is -4.58. The highest BCUT2D eigenvalue weighted by atomic mass is 16.5. The standard InChI is InChI=1S/C19H29NO3/c1-12(2)7-14-11-20-6-5-13-8-18(22-3)19(23-4)9-15(13)16(20)10-17(14)21/h8-9,12,14,16-17,21H,5-7,10-11H2,1-4H3/i1D3,4D3,5D2,6D2,7D2,12D. The second-order valence-electron chi connectivity index (χ2n) is 5.78. The summed E-state index contributed by atoms with van der Waals surface area (Å²) in [5.41, 5.74) is -0.0253. The summed E-state index contributed by atoms with van der Waals surface area (Å²) in [5, 5.41) is 11.0. The molecule has 2 heterocycles. The van der Waals surface area contributed by atoms with Gasteiger partial charge in [-0.3, -0.25) is 4.90 Å². The first-order chi connectivity index (χ1) is 16.0. The predicted octanol–water partition coefficient (Wildman–Crippen LogP) is 3.03. The molecule has 4 unspecified atom stereocenters. The van der Waals surface area contributed by atoms with E-state index in [1.807, 2.05) is 0 Å². The van der Waals surface area contributed by atoms with Crippen LogP contribution >= 0.6 is 0 Å². The van der Waals surface area contributed by atoms with E-state index in [1.165, 1.54) is 13.2 Å². The molecule has 2 aliphatic rings. The average Bonchev–Trinajstić information content (AvgIpc) is 2.69. The summed E-state index contributed by atoms with van der Waals surface area (Å²) in [6.07, 6.45) is -7.38. The Morgan fingerprint density at radius 1 is 1.52 bits per heavy atom. The number of aliphatic hydroxyl groups excluding tert-OH is 1. The molecule has 3 rings (SSSR count). The monoisotopic (exact) mass is 332 g/mol. The number of hydrogen-bond acceptors (Lipinski definition) is 4. The van der Waals surface area contributed by atoms with Gasteiger partial charge in [0.15, 0.2) is 11.5 Å². The van der Waals surface area contributed by atoms with Gasteiger partial charge < -0.3 is 14.6 Å². The maximum atomic E-state index is 11.0. The first-order valence-corrected chi connectivity index (χ1v) is 7.37. The highest BCUT2D eigenvalue weighted by Gasteiger charge is 2.38. The zero-order chi connectivity index (χ0) is 27.9. The fourth-order valence-electron chi connectivity index (χ4n) is 3.15. The van der Waals surface area contributed by atoms with Crippen LogP contribution in [-0.4, -0.2) is 43.3 Å². The number of hydrogen-bond donors (Lipinski definition) is 1. The molecule has 1 aromatic carbocycles. The number of benzene rings is 1. The van der Waals surface area contributed by atoms with Crippen LogP contribution in [0.1, 0.15) is 61.6 Å². The molecule has 0 aliphatic carbocycles. The summed E-state index contributed by atoms with van der Waals surface area (Å²) in [6, 6.07) is 1.33. The van der Waals surface area contributed by atoms with E-state index in [1.54, 1.807) is 0 Å². The van der Waals surface area contributed by atoms with Crippen LogP contribution in [0.4, 0.5) is 0 Å². The summed E-state index contributed by atoms with van der Waals surface area (Å²) in [7, 11) is -1.65. The molecule has 4 heteroatoms. The van der Waals surface area contributed by atoms with Crippen molar-refractivity contribution in [3.63, 3.8) is 0 Å². The minimum Gasteiger partial charge on any atom is -0.493 e. The van der Waals surface area contributed by atoms with E-state index < -0.39 is 63.6 Å². The topological polar surface area (TPSA) is 41.9 Å². The number of aliphatic hydroxyl groups is 1. The maximum absolute atomic E-state index is 11.0. The summed E-state index contributed by atoms with van der Waals surface area (Å²) in [4.78, 5) is 1.01. The van der Waals surface area contributed by atoms with Gasteiger partial charge in [-0.15, -0.1) is 0 Å². The SMILES string of the molecule is [2H]C([2H])([2H])Oc1cc2c(cc1OC)C([2H])([2H])C([2H])([2H])N1CC(C([2H])([2H])C([2H])(C)C([2H])([2H])[2H])C(O)CC21. The molecule has 23 heavy (non-hydrogen) atoms. The Morgan fingerprint density at radius 3 is 3.09 bits per heavy atom. The number of rotatable bonds is 4. The molecule has 1 aromatic rings. The lowest BCUT2D eigenvalue weighted by atomic mass is 9.79. The Hall–Kier alpha value is -1.26. The Balaban J connectivity index is 2.16. The highest BCUT2D eigenvalue weighted by molar-refractivity contribution is 5.49. The molecule has 128 valence electrons. The van der Waals surface area contributed by atoms with Crippen molar-refractivity contribution in [1.82, 2.24) is 4.90 Å². The lowest BCUT2D eigenvalue weighted by Crippen LogP contribution is -2.48. The molecular formula is C19H29NO3. The van der Waals surface area contributed by atoms with Gasteiger partial charge in [-0.05, 0) is 54.2 Å². The van der Waals surface area contributed by atoms with Crippen molar-refractivity contribution in [3.8, 4) is 11.5 Å². The maximum Gasteiger partial charge on any atom is 0.161 e. The van der Waals surface area contributed by atoms with Crippen LogP contribution < -0.4 is 9.47 Å². The van der Waals surface area contributed by atoms with Gasteiger partial charge in [-0.1, -0.05) is 13.8 Å². The van der Waals surface area contributed by atoms with E-state index in [-0.39, 0.29) is 29.0 Å². The number of piperidine rings is 1. The van der Waals surface area contributed by atoms with E-state index in [9.17, 15) is 5.11 Å². The van der Waals surface area contributed by atoms with Crippen molar-refractivity contribution in [2.24, 2.45) is 11.8 Å². The predicted molar refractivity (Wildman–Crippen MR) is 91.1 cm³/mol. The Kier molecular flexibility index (Phi) is 2.02. The molecule has 4 atom stereocenters. The lowest BCUT2D eigenvalue weighted by Gasteiger charge is -2.46. The summed E-state index contributed by atoms with van der Waals surface area (Å²) in [6.45, 7) is -5.53. The number of nitrogens with zero attached hydrogens (tertiary/aromatic N) is 1. The number of aryl methyl sites for hydroxylation is 1. The van der Waals surface area contributed by atoms with E-state index in [2.05, 4.69) is 0 Å². The first kappa shape index (κ1) is 6.93. The van der Waals surface area contributed by atoms with Gasteiger partial charge in [0.05, 0.1) is 24.4 Å². The van der Waals surface area contributed by atoms with Gasteiger partial charge in [-0.2, -0.15) is 0 Å². The molecule has 4 nitrogen and oxygen atoms in total. The smallest absolute Gasteiger partial charge is 0.161 e. The molecule has 0 radical (unpaired) electrons. The number of ether oxygens (including phenoxy) is 2. The third-order valence-corrected chi connectivity index (χ3v) is 4.24. The van der Waals surface area contributed by atoms with Crippen LogP contribution in [0, 0.1) is 11.8 Å². The van der Waals surface area contributed by atoms with Crippen molar-refractivity contribution < 1.29 is 32.4 Å². The van der Waals surface area contributed by atoms with Gasteiger partial charge >= 0.3 is 0 Å². The second kappa shape index (κ2) is 6.70. The van der Waals surface area contributed by atoms with Crippen molar-refractivity contribution in [3.05, 3.63) is 23.3 Å². The molecular weight excluding hydrogens is 290 g/mol. The quantitative estimate of drug-likeness (QED) is 0.920. The van der Waals surface area contributed by atoms with E-state index in [0.717, 1.165) is 17.9 Å². The van der Waals surface area contributed by atoms with E-state index >= 15 is 0 Å². The Morgan fingerprint density at radius 2 is 2.35 bits per heavy atom. The third-order valence-electron chi connectivity index (χ3n) is 4.24. The van der Waals surface area contributed by atoms with Crippen molar-refractivity contribution in [2.45, 2.75) is 45.1 Å². The third kappa shape index (κ3) is 3.20. The Bertz CT molecular complexity index is 1010. The van der Waals surface area contributed by atoms with Crippen molar-refractivity contribution in [1.29, 1.82) is 0 Å². The largest absolute Gasteiger partial charge is 0.493 e. The lowest BCUT2D eigenvalue weighted by molar-refractivity contribution is -0.0191. The van der Waals surface area contributed by atoms with Gasteiger partial charge in [0.2, 0.25) is 0 Å². The zero-order valence-corrected chi connectivity index (χ0v) is 13.0. The minimum absolute atomic E-state index is 0.123. The van der Waals surface area contributed by atoms with Gasteiger partial charge in [0, 0.05) is 32.8 Å². The molecule has 0 saturated carbocycles. The molecule has 2 aliphatic heterocycles. The molecule has 1 N–H and O–H groups in total. The van der Waals surface area contributed by atoms with Crippen LogP contribution in [0.25, 0.3) is 0 Å². The number of fused-ring (bicyclic) bond motifs is 3. The first-order valence-electron chi connectivity index (χ1n) is 13.9. The second-order valence-corrected chi connectivity index (χ2v) is 5.78. The van der Waals surface area contributed by atoms with Gasteiger partial charge in [-0.25, -0.2) is 0 Å². The van der Waals surface area contributed by atoms with E-state index in [0.29, 0.717) is 0 Å². The van der Waals surface area contributed by atoms with Gasteiger partial charge in [0.25, 0.3) is 0 Å². The fraction of sp³-hybridized carbons (Fsp3) is 0.684. The summed E-state index contributed by atoms with van der Waals surface area (Å²) < 4.78 is 115. The number of methoxy groups -OCH3 is 2. The van der Waals surface area contributed by atoms with Crippen molar-refractivity contribution >= 4 is 0 Å². The average molecular weight is 333 g/mol. The fourth-order valence-corrected chi connectivity index (χ4v) is 3.15. The molecule has 0 spiro atoms. The minimum atomic E-state index is -3.06. The zero-order valence-electron chi connectivity index (χ0n) is 26.0. The van der Waals surface area contributed by atoms with Crippen LogP contribution in [0.2, 0.25) is 0 Å². The van der Waals surface area contributed by atoms with Crippen LogP contribution in [0.5, 0.6) is 11.5 Å². The van der Waals surface area contributed by atoms with Gasteiger partial charge in [0.1, 0.15) is 0 Å². The summed E-state index contributed by atoms with van der Waals surface area (Å²) >= 11 is 0. The van der Waals surface area contributed by atoms with Crippen LogP contribution in [0.3, 0.4) is 0 Å². The molecule has 1 saturated heterocycles. The van der Waals surface area contributed by atoms with Crippen molar-refractivity contribution in [2.75, 3.05) is 27.2 Å². The molecule has 0 amide bonds. The Labute approximate surface area is 157 Å². The molecule has 0 aromatic heterocycles. The highest BCUT2D eigenvalue weighted by Crippen LogP contribution is 2.43. The molecule has 0 bridgehead atoms. The molecule has 1 fully saturated rings. The van der Waals surface area contributed by atoms with E-state index in [4.69, 9.17) is 27.3 Å². The van der Waals surface area contributed by atoms with Crippen LogP contribution in [-0.2, 0) is 6.37 Å². The normalized spacial score (nSPS) is 44.5.